The number of piperidine rings is 1. The molecule has 1 saturated heterocycles. The van der Waals surface area contributed by atoms with E-state index in [9.17, 15) is 14.4 Å². The van der Waals surface area contributed by atoms with Crippen LogP contribution in [0, 0.1) is 5.92 Å². The highest BCUT2D eigenvalue weighted by molar-refractivity contribution is 5.87. The normalized spacial score (nSPS) is 15.6. The number of rotatable bonds is 5. The Hall–Kier alpha value is -2.38. The average Bonchev–Trinajstić information content (AvgIpc) is 2.96. The van der Waals surface area contributed by atoms with E-state index in [1.165, 1.54) is 17.1 Å². The molecule has 2 heterocycles. The van der Waals surface area contributed by atoms with Crippen LogP contribution in [-0.2, 0) is 20.9 Å². The second-order valence-electron chi connectivity index (χ2n) is 5.14. The van der Waals surface area contributed by atoms with Gasteiger partial charge in [0.05, 0.1) is 24.3 Å². The number of carbonyl (C=O) groups excluding carboxylic acids is 2. The summed E-state index contributed by atoms with van der Waals surface area (Å²) in [6.45, 7) is 3.12. The topological polar surface area (TPSA) is 102 Å². The lowest BCUT2D eigenvalue weighted by Crippen LogP contribution is -2.42. The summed E-state index contributed by atoms with van der Waals surface area (Å²) in [5.74, 6) is -1.56. The van der Waals surface area contributed by atoms with Crippen molar-refractivity contribution in [3.63, 3.8) is 0 Å². The van der Waals surface area contributed by atoms with Crippen LogP contribution in [0.4, 0.5) is 0 Å². The van der Waals surface area contributed by atoms with Gasteiger partial charge in [0, 0.05) is 19.3 Å². The van der Waals surface area contributed by atoms with E-state index in [2.05, 4.69) is 5.10 Å². The average molecular weight is 309 g/mol. The number of nitrogens with zero attached hydrogens (tertiary/aromatic N) is 3. The van der Waals surface area contributed by atoms with Crippen molar-refractivity contribution in [3.8, 4) is 0 Å². The predicted octanol–water partition coefficient (Wildman–Crippen LogP) is 0.383. The van der Waals surface area contributed by atoms with Crippen LogP contribution in [0.25, 0.3) is 0 Å². The minimum Gasteiger partial charge on any atom is -0.478 e. The van der Waals surface area contributed by atoms with Crippen LogP contribution in [0.5, 0.6) is 0 Å². The molecular weight excluding hydrogens is 290 g/mol. The van der Waals surface area contributed by atoms with Gasteiger partial charge in [-0.2, -0.15) is 5.10 Å². The highest BCUT2D eigenvalue weighted by Gasteiger charge is 2.28. The van der Waals surface area contributed by atoms with Gasteiger partial charge >= 0.3 is 11.9 Å². The number of carbonyl (C=O) groups is 3. The first kappa shape index (κ1) is 16.0. The number of aromatic carboxylic acids is 1. The Kier molecular flexibility index (Phi) is 5.13. The van der Waals surface area contributed by atoms with E-state index < -0.39 is 5.97 Å². The van der Waals surface area contributed by atoms with Crippen LogP contribution >= 0.6 is 0 Å². The molecule has 1 N–H and O–H groups in total. The number of carboxylic acids is 1. The predicted molar refractivity (Wildman–Crippen MR) is 75.1 cm³/mol. The Morgan fingerprint density at radius 1 is 1.36 bits per heavy atom. The van der Waals surface area contributed by atoms with Crippen molar-refractivity contribution in [2.24, 2.45) is 5.92 Å². The molecule has 1 aliphatic rings. The summed E-state index contributed by atoms with van der Waals surface area (Å²) >= 11 is 0. The van der Waals surface area contributed by atoms with Crippen molar-refractivity contribution in [3.05, 3.63) is 18.0 Å². The molecule has 1 aromatic rings. The Morgan fingerprint density at radius 2 is 2.05 bits per heavy atom. The molecule has 120 valence electrons. The van der Waals surface area contributed by atoms with Crippen molar-refractivity contribution >= 4 is 17.8 Å². The molecule has 2 rings (SSSR count). The van der Waals surface area contributed by atoms with Crippen LogP contribution in [-0.4, -0.2) is 57.3 Å². The number of hydrogen-bond acceptors (Lipinski definition) is 5. The Balaban J connectivity index is 1.84. The number of likely N-dealkylation sites (tertiary alicyclic amines) is 1. The number of aromatic nitrogens is 2. The summed E-state index contributed by atoms with van der Waals surface area (Å²) in [6.07, 6.45) is 3.71. The maximum absolute atomic E-state index is 12.2. The highest BCUT2D eigenvalue weighted by Crippen LogP contribution is 2.19. The fourth-order valence-corrected chi connectivity index (χ4v) is 2.42. The molecule has 0 radical (unpaired) electrons. The molecule has 8 heteroatoms. The maximum atomic E-state index is 12.2. The highest BCUT2D eigenvalue weighted by atomic mass is 16.5. The number of hydrogen-bond donors (Lipinski definition) is 1. The van der Waals surface area contributed by atoms with Gasteiger partial charge < -0.3 is 14.7 Å². The van der Waals surface area contributed by atoms with E-state index in [1.54, 1.807) is 11.8 Å². The van der Waals surface area contributed by atoms with Gasteiger partial charge in [-0.3, -0.25) is 14.3 Å². The minimum atomic E-state index is -1.08. The monoisotopic (exact) mass is 309 g/mol. The first-order chi connectivity index (χ1) is 10.5. The molecule has 8 nitrogen and oxygen atoms in total. The Bertz CT molecular complexity index is 561. The molecule has 1 amide bonds. The molecule has 0 aromatic carbocycles. The molecule has 22 heavy (non-hydrogen) atoms. The van der Waals surface area contributed by atoms with E-state index in [-0.39, 0.29) is 29.9 Å². The number of amides is 1. The van der Waals surface area contributed by atoms with Crippen LogP contribution in [0.2, 0.25) is 0 Å². The van der Waals surface area contributed by atoms with Crippen molar-refractivity contribution < 1.29 is 24.2 Å². The largest absolute Gasteiger partial charge is 0.478 e. The lowest BCUT2D eigenvalue weighted by atomic mass is 9.97. The summed E-state index contributed by atoms with van der Waals surface area (Å²) in [7, 11) is 0. The van der Waals surface area contributed by atoms with Gasteiger partial charge in [-0.05, 0) is 19.8 Å². The lowest BCUT2D eigenvalue weighted by Gasteiger charge is -2.30. The van der Waals surface area contributed by atoms with E-state index >= 15 is 0 Å². The number of esters is 1. The van der Waals surface area contributed by atoms with Gasteiger partial charge in [-0.1, -0.05) is 0 Å². The van der Waals surface area contributed by atoms with Gasteiger partial charge in [-0.25, -0.2) is 4.79 Å². The molecule has 1 fully saturated rings. The second kappa shape index (κ2) is 7.06. The quantitative estimate of drug-likeness (QED) is 0.789. The second-order valence-corrected chi connectivity index (χ2v) is 5.14. The Labute approximate surface area is 127 Å². The van der Waals surface area contributed by atoms with Crippen molar-refractivity contribution in [1.82, 2.24) is 14.7 Å². The zero-order valence-electron chi connectivity index (χ0n) is 12.4. The standard InChI is InChI=1S/C14H19N3O5/c1-2-22-14(21)10-3-5-16(6-4-10)12(18)9-17-8-11(7-15-17)13(19)20/h7-8,10H,2-6,9H2,1H3,(H,19,20). The summed E-state index contributed by atoms with van der Waals surface area (Å²) in [5, 5.41) is 12.7. The van der Waals surface area contributed by atoms with Crippen LogP contribution in [0.1, 0.15) is 30.1 Å². The van der Waals surface area contributed by atoms with Gasteiger partial charge in [0.2, 0.25) is 5.91 Å². The van der Waals surface area contributed by atoms with Gasteiger partial charge in [-0.15, -0.1) is 0 Å². The molecular formula is C14H19N3O5. The summed E-state index contributed by atoms with van der Waals surface area (Å²) in [5.41, 5.74) is 0.0498. The molecule has 0 saturated carbocycles. The molecule has 1 aliphatic heterocycles. The van der Waals surface area contributed by atoms with E-state index in [1.807, 2.05) is 0 Å². The van der Waals surface area contributed by atoms with Crippen LogP contribution in [0.15, 0.2) is 12.4 Å². The van der Waals surface area contributed by atoms with Gasteiger partial charge in [0.15, 0.2) is 0 Å². The molecule has 0 bridgehead atoms. The fraction of sp³-hybridized carbons (Fsp3) is 0.571. The van der Waals surface area contributed by atoms with Crippen molar-refractivity contribution in [2.75, 3.05) is 19.7 Å². The SMILES string of the molecule is CCOC(=O)C1CCN(C(=O)Cn2cc(C(=O)O)cn2)CC1. The van der Waals surface area contributed by atoms with Crippen molar-refractivity contribution in [1.29, 1.82) is 0 Å². The first-order valence-electron chi connectivity index (χ1n) is 7.21. The summed E-state index contributed by atoms with van der Waals surface area (Å²) in [4.78, 5) is 36.2. The van der Waals surface area contributed by atoms with E-state index in [0.29, 0.717) is 32.5 Å². The minimum absolute atomic E-state index is 0.00263. The molecule has 0 atom stereocenters. The van der Waals surface area contributed by atoms with Crippen LogP contribution in [0.3, 0.4) is 0 Å². The smallest absolute Gasteiger partial charge is 0.338 e. The van der Waals surface area contributed by atoms with Crippen molar-refractivity contribution in [2.45, 2.75) is 26.3 Å². The van der Waals surface area contributed by atoms with E-state index in [0.717, 1.165) is 0 Å². The molecule has 1 aromatic heterocycles. The fourth-order valence-electron chi connectivity index (χ4n) is 2.42. The lowest BCUT2D eigenvalue weighted by molar-refractivity contribution is -0.151. The third-order valence-electron chi connectivity index (χ3n) is 3.65. The van der Waals surface area contributed by atoms with Gasteiger partial charge in [0.25, 0.3) is 0 Å². The summed E-state index contributed by atoms with van der Waals surface area (Å²) in [6, 6.07) is 0. The number of ether oxygens (including phenoxy) is 1. The zero-order chi connectivity index (χ0) is 16.1. The first-order valence-corrected chi connectivity index (χ1v) is 7.21. The van der Waals surface area contributed by atoms with Gasteiger partial charge in [0.1, 0.15) is 6.54 Å². The Morgan fingerprint density at radius 3 is 2.59 bits per heavy atom. The third-order valence-corrected chi connectivity index (χ3v) is 3.65. The molecule has 0 unspecified atom stereocenters. The number of carboxylic acid groups (broad SMARTS) is 1. The van der Waals surface area contributed by atoms with E-state index in [4.69, 9.17) is 9.84 Å². The maximum Gasteiger partial charge on any atom is 0.338 e. The third kappa shape index (κ3) is 3.84. The molecule has 0 spiro atoms. The summed E-state index contributed by atoms with van der Waals surface area (Å²) < 4.78 is 6.29. The molecule has 0 aliphatic carbocycles. The zero-order valence-corrected chi connectivity index (χ0v) is 12.4. The van der Waals surface area contributed by atoms with Crippen LogP contribution < -0.4 is 0 Å².